The molecule has 0 spiro atoms. The summed E-state index contributed by atoms with van der Waals surface area (Å²) >= 11 is 0. The van der Waals surface area contributed by atoms with Crippen LogP contribution in [0.25, 0.3) is 0 Å². The second-order valence-electron chi connectivity index (χ2n) is 4.95. The minimum Gasteiger partial charge on any atom is -0.265 e. The van der Waals surface area contributed by atoms with Crippen molar-refractivity contribution in [2.45, 2.75) is 50.1 Å². The summed E-state index contributed by atoms with van der Waals surface area (Å²) in [5.74, 6) is -7.01. The molecule has 15 heteroatoms. The summed E-state index contributed by atoms with van der Waals surface area (Å²) < 4.78 is 159. The molecule has 0 amide bonds. The fourth-order valence-electron chi connectivity index (χ4n) is 2.11. The topological polar surface area (TPSA) is 27.7 Å². The molecule has 0 bridgehead atoms. The molecule has 1 aliphatic rings. The van der Waals surface area contributed by atoms with Gasteiger partial charge in [-0.15, -0.1) is 26.3 Å². The van der Waals surface area contributed by atoms with Crippen LogP contribution in [0.15, 0.2) is 0 Å². The second kappa shape index (κ2) is 7.22. The number of ether oxygens (including phenoxy) is 3. The zero-order valence-corrected chi connectivity index (χ0v) is 12.0. The van der Waals surface area contributed by atoms with Crippen LogP contribution in [0.1, 0.15) is 19.3 Å². The van der Waals surface area contributed by atoms with E-state index in [-0.39, 0.29) is 6.42 Å². The molecule has 26 heavy (non-hydrogen) atoms. The summed E-state index contributed by atoms with van der Waals surface area (Å²) in [7, 11) is 0. The summed E-state index contributed by atoms with van der Waals surface area (Å²) in [5.41, 5.74) is 0. The van der Waals surface area contributed by atoms with E-state index in [0.717, 1.165) is 6.42 Å². The highest BCUT2D eigenvalue weighted by atomic mass is 19.4. The maximum absolute atomic E-state index is 13.9. The fourth-order valence-corrected chi connectivity index (χ4v) is 2.11. The van der Waals surface area contributed by atoms with Crippen molar-refractivity contribution < 1.29 is 66.9 Å². The van der Waals surface area contributed by atoms with Crippen LogP contribution in [-0.2, 0) is 14.2 Å². The van der Waals surface area contributed by atoms with Crippen LogP contribution in [0.3, 0.4) is 0 Å². The van der Waals surface area contributed by atoms with E-state index in [1.807, 2.05) is 0 Å². The third kappa shape index (κ3) is 5.77. The van der Waals surface area contributed by atoms with Gasteiger partial charge >= 0.3 is 31.4 Å². The molecular weight excluding hydrogens is 408 g/mol. The van der Waals surface area contributed by atoms with Gasteiger partial charge in [-0.05, 0) is 25.7 Å². The largest absolute Gasteiger partial charge is 0.525 e. The predicted octanol–water partition coefficient (Wildman–Crippen LogP) is 5.39. The van der Waals surface area contributed by atoms with Crippen molar-refractivity contribution in [2.24, 2.45) is 5.92 Å². The van der Waals surface area contributed by atoms with E-state index < -0.39 is 55.9 Å². The molecule has 0 aromatic rings. The van der Waals surface area contributed by atoms with Gasteiger partial charge in [0.05, 0.1) is 0 Å². The Labute approximate surface area is 137 Å². The minimum absolute atomic E-state index is 0.211. The quantitative estimate of drug-likeness (QED) is 0.429. The van der Waals surface area contributed by atoms with E-state index in [1.54, 1.807) is 0 Å². The molecule has 1 fully saturated rings. The van der Waals surface area contributed by atoms with Gasteiger partial charge in [0.2, 0.25) is 0 Å². The summed E-state index contributed by atoms with van der Waals surface area (Å²) in [6.07, 6.45) is -29.5. The molecule has 1 atom stereocenters. The van der Waals surface area contributed by atoms with Gasteiger partial charge < -0.3 is 0 Å². The van der Waals surface area contributed by atoms with Crippen LogP contribution in [0.5, 0.6) is 0 Å². The monoisotopic (exact) mass is 416 g/mol. The smallest absolute Gasteiger partial charge is 0.265 e. The Kier molecular flexibility index (Phi) is 6.41. The number of halogens is 12. The van der Waals surface area contributed by atoms with Crippen molar-refractivity contribution in [3.63, 3.8) is 0 Å². The van der Waals surface area contributed by atoms with Crippen molar-refractivity contribution in [1.82, 2.24) is 0 Å². The van der Waals surface area contributed by atoms with Gasteiger partial charge in [-0.1, -0.05) is 0 Å². The molecule has 0 aliphatic heterocycles. The molecule has 154 valence electrons. The van der Waals surface area contributed by atoms with Gasteiger partial charge in [0.15, 0.2) is 0 Å². The molecule has 1 aliphatic carbocycles. The minimum atomic E-state index is -6.64. The van der Waals surface area contributed by atoms with Crippen molar-refractivity contribution in [3.05, 3.63) is 12.8 Å². The lowest BCUT2D eigenvalue weighted by atomic mass is 9.96. The Hall–Kier alpha value is -0.960. The van der Waals surface area contributed by atoms with Crippen molar-refractivity contribution >= 4 is 0 Å². The zero-order valence-electron chi connectivity index (χ0n) is 12.0. The Balaban J connectivity index is 3.34. The first-order chi connectivity index (χ1) is 11.4. The van der Waals surface area contributed by atoms with Crippen LogP contribution >= 0.6 is 0 Å². The number of alkyl halides is 11. The Morgan fingerprint density at radius 2 is 1.27 bits per heavy atom. The van der Waals surface area contributed by atoms with E-state index in [4.69, 9.17) is 0 Å². The van der Waals surface area contributed by atoms with E-state index in [0.29, 0.717) is 0 Å². The van der Waals surface area contributed by atoms with Crippen LogP contribution in [0.2, 0.25) is 0 Å². The predicted molar refractivity (Wildman–Crippen MR) is 55.1 cm³/mol. The van der Waals surface area contributed by atoms with Gasteiger partial charge in [-0.2, -0.15) is 26.3 Å². The highest BCUT2D eigenvalue weighted by Crippen LogP contribution is 2.51. The number of hydrogen-bond acceptors (Lipinski definition) is 3. The van der Waals surface area contributed by atoms with Gasteiger partial charge in [-0.3, -0.25) is 14.2 Å². The first-order valence-corrected chi connectivity index (χ1v) is 6.41. The second-order valence-corrected chi connectivity index (χ2v) is 4.95. The molecule has 0 N–H and O–H groups in total. The Morgan fingerprint density at radius 1 is 0.808 bits per heavy atom. The van der Waals surface area contributed by atoms with E-state index >= 15 is 0 Å². The fraction of sp³-hybridized carbons (Fsp3) is 0.818. The summed E-state index contributed by atoms with van der Waals surface area (Å²) in [6.45, 7) is 0. The Morgan fingerprint density at radius 3 is 1.58 bits per heavy atom. The molecule has 0 heterocycles. The van der Waals surface area contributed by atoms with Crippen molar-refractivity contribution in [3.8, 4) is 0 Å². The van der Waals surface area contributed by atoms with Crippen LogP contribution < -0.4 is 0 Å². The highest BCUT2D eigenvalue weighted by molar-refractivity contribution is 5.00. The first kappa shape index (κ1) is 23.1. The van der Waals surface area contributed by atoms with Crippen LogP contribution in [0, 0.1) is 18.7 Å². The average molecular weight is 416 g/mol. The van der Waals surface area contributed by atoms with Crippen LogP contribution in [0.4, 0.5) is 52.7 Å². The lowest BCUT2D eigenvalue weighted by molar-refractivity contribution is -0.510. The third-order valence-electron chi connectivity index (χ3n) is 3.06. The zero-order chi connectivity index (χ0) is 20.6. The molecule has 1 unspecified atom stereocenters. The average Bonchev–Trinajstić information content (AvgIpc) is 2.86. The number of hydrogen-bond donors (Lipinski definition) is 0. The highest BCUT2D eigenvalue weighted by Gasteiger charge is 2.68. The maximum Gasteiger partial charge on any atom is 0.525 e. The van der Waals surface area contributed by atoms with Crippen molar-refractivity contribution in [1.29, 1.82) is 0 Å². The molecule has 0 aromatic carbocycles. The Bertz CT molecular complexity index is 447. The van der Waals surface area contributed by atoms with Crippen molar-refractivity contribution in [2.75, 3.05) is 0 Å². The molecule has 2 radical (unpaired) electrons. The standard InChI is InChI=1S/C11H8F12O3/c12-6(24-9(16,17)8(13,14)15)7(25-10(18,19)20,26-11(21,22)23)5-3-1-2-4-5/h1,5H,2-4H2. The molecule has 1 rings (SSSR count). The number of rotatable bonds is 6. The van der Waals surface area contributed by atoms with Gasteiger partial charge in [0.25, 0.3) is 5.79 Å². The summed E-state index contributed by atoms with van der Waals surface area (Å²) in [4.78, 5) is 0. The van der Waals surface area contributed by atoms with E-state index in [1.165, 1.54) is 0 Å². The maximum atomic E-state index is 13.9. The van der Waals surface area contributed by atoms with E-state index in [9.17, 15) is 52.7 Å². The van der Waals surface area contributed by atoms with Gasteiger partial charge in [0, 0.05) is 5.92 Å². The van der Waals surface area contributed by atoms with Gasteiger partial charge in [-0.25, -0.2) is 0 Å². The normalized spacial score (nSPS) is 18.8. The SMILES string of the molecule is F[C](OC(F)(F)C(F)(F)F)C(OC(F)(F)F)(OC(F)(F)F)C1C[CH]CC1. The van der Waals surface area contributed by atoms with E-state index in [2.05, 4.69) is 14.2 Å². The molecular formula is C11H8F12O3. The molecule has 1 saturated carbocycles. The molecule has 3 nitrogen and oxygen atoms in total. The molecule has 0 aromatic heterocycles. The summed E-state index contributed by atoms with van der Waals surface area (Å²) in [5, 5.41) is 0. The van der Waals surface area contributed by atoms with Gasteiger partial charge in [0.1, 0.15) is 0 Å². The lowest BCUT2D eigenvalue weighted by Gasteiger charge is -2.40. The third-order valence-corrected chi connectivity index (χ3v) is 3.06. The molecule has 0 saturated heterocycles. The van der Waals surface area contributed by atoms with Crippen LogP contribution in [-0.4, -0.2) is 30.8 Å². The lowest BCUT2D eigenvalue weighted by Crippen LogP contribution is -2.55. The summed E-state index contributed by atoms with van der Waals surface area (Å²) in [6, 6.07) is 0. The first-order valence-electron chi connectivity index (χ1n) is 6.41.